The lowest BCUT2D eigenvalue weighted by Crippen LogP contribution is -2.26. The van der Waals surface area contributed by atoms with E-state index in [0.717, 1.165) is 16.0 Å². The molecule has 31 heavy (non-hydrogen) atoms. The van der Waals surface area contributed by atoms with Gasteiger partial charge in [0.25, 0.3) is 5.56 Å². The summed E-state index contributed by atoms with van der Waals surface area (Å²) >= 11 is 8.91. The summed E-state index contributed by atoms with van der Waals surface area (Å²) in [6.07, 6.45) is 0. The Labute approximate surface area is 193 Å². The van der Waals surface area contributed by atoms with E-state index in [1.165, 1.54) is 23.1 Å². The van der Waals surface area contributed by atoms with Crippen LogP contribution in [0.1, 0.15) is 16.0 Å². The van der Waals surface area contributed by atoms with Gasteiger partial charge in [-0.3, -0.25) is 14.2 Å². The molecule has 4 rings (SSSR count). The molecule has 0 saturated carbocycles. The summed E-state index contributed by atoms with van der Waals surface area (Å²) in [6, 6.07) is 16.8. The minimum atomic E-state index is -0.152. The minimum absolute atomic E-state index is 0.126. The Morgan fingerprint density at radius 1 is 1.16 bits per heavy atom. The SMILES string of the molecule is Cc1sc2nc(SCC(=O)NCc3ccccc3)n(-c3cccc(Cl)c3)c(=O)c2c1C. The van der Waals surface area contributed by atoms with Crippen LogP contribution in [0.25, 0.3) is 15.9 Å². The molecule has 1 N–H and O–H groups in total. The Morgan fingerprint density at radius 3 is 2.68 bits per heavy atom. The number of amides is 1. The summed E-state index contributed by atoms with van der Waals surface area (Å²) in [7, 11) is 0. The first-order chi connectivity index (χ1) is 14.9. The maximum absolute atomic E-state index is 13.4. The normalized spacial score (nSPS) is 11.1. The number of carbonyl (C=O) groups excluding carboxylic acids is 1. The maximum atomic E-state index is 13.4. The van der Waals surface area contributed by atoms with Crippen LogP contribution in [0, 0.1) is 13.8 Å². The molecule has 0 aliphatic heterocycles. The molecular formula is C23H20ClN3O2S2. The monoisotopic (exact) mass is 469 g/mol. The number of thiophene rings is 1. The van der Waals surface area contributed by atoms with Crippen molar-refractivity contribution >= 4 is 50.8 Å². The Balaban J connectivity index is 1.65. The number of benzene rings is 2. The van der Waals surface area contributed by atoms with Gasteiger partial charge in [-0.2, -0.15) is 0 Å². The summed E-state index contributed by atoms with van der Waals surface area (Å²) in [5.74, 6) is 0.0219. The van der Waals surface area contributed by atoms with Crippen molar-refractivity contribution in [2.45, 2.75) is 25.5 Å². The van der Waals surface area contributed by atoms with E-state index in [0.29, 0.717) is 32.6 Å². The number of aromatic nitrogens is 2. The molecule has 0 fully saturated rings. The average molecular weight is 470 g/mol. The van der Waals surface area contributed by atoms with E-state index in [2.05, 4.69) is 5.32 Å². The molecule has 2 aromatic carbocycles. The molecule has 8 heteroatoms. The largest absolute Gasteiger partial charge is 0.351 e. The van der Waals surface area contributed by atoms with Gasteiger partial charge in [0.1, 0.15) is 4.83 Å². The van der Waals surface area contributed by atoms with Crippen molar-refractivity contribution in [2.24, 2.45) is 0 Å². The summed E-state index contributed by atoms with van der Waals surface area (Å²) < 4.78 is 1.54. The molecule has 0 unspecified atom stereocenters. The molecule has 2 aromatic heterocycles. The van der Waals surface area contributed by atoms with Gasteiger partial charge in [-0.1, -0.05) is 59.8 Å². The predicted octanol–water partition coefficient (Wildman–Crippen LogP) is 5.13. The van der Waals surface area contributed by atoms with Crippen molar-refractivity contribution in [3.63, 3.8) is 0 Å². The molecule has 1 amide bonds. The number of thioether (sulfide) groups is 1. The lowest BCUT2D eigenvalue weighted by atomic mass is 10.2. The topological polar surface area (TPSA) is 64.0 Å². The fraction of sp³-hybridized carbons (Fsp3) is 0.174. The van der Waals surface area contributed by atoms with E-state index in [1.807, 2.05) is 50.2 Å². The number of fused-ring (bicyclic) bond motifs is 1. The van der Waals surface area contributed by atoms with Crippen LogP contribution >= 0.6 is 34.7 Å². The Morgan fingerprint density at radius 2 is 1.94 bits per heavy atom. The number of nitrogens with one attached hydrogen (secondary N) is 1. The number of hydrogen-bond acceptors (Lipinski definition) is 5. The van der Waals surface area contributed by atoms with Crippen LogP contribution in [-0.2, 0) is 11.3 Å². The molecule has 5 nitrogen and oxygen atoms in total. The highest BCUT2D eigenvalue weighted by Crippen LogP contribution is 2.30. The second-order valence-corrected chi connectivity index (χ2v) is 9.61. The van der Waals surface area contributed by atoms with Gasteiger partial charge in [-0.15, -0.1) is 11.3 Å². The van der Waals surface area contributed by atoms with Gasteiger partial charge in [-0.05, 0) is 43.2 Å². The first kappa shape index (κ1) is 21.6. The zero-order chi connectivity index (χ0) is 22.0. The van der Waals surface area contributed by atoms with Crippen LogP contribution in [0.15, 0.2) is 64.5 Å². The lowest BCUT2D eigenvalue weighted by Gasteiger charge is -2.13. The molecule has 0 aliphatic rings. The van der Waals surface area contributed by atoms with Gasteiger partial charge in [0.15, 0.2) is 5.16 Å². The first-order valence-corrected chi connectivity index (χ1v) is 11.8. The fourth-order valence-electron chi connectivity index (χ4n) is 3.19. The quantitative estimate of drug-likeness (QED) is 0.314. The van der Waals surface area contributed by atoms with Crippen molar-refractivity contribution in [1.29, 1.82) is 0 Å². The Hall–Kier alpha value is -2.61. The average Bonchev–Trinajstić information content (AvgIpc) is 3.05. The van der Waals surface area contributed by atoms with E-state index >= 15 is 0 Å². The van der Waals surface area contributed by atoms with Gasteiger partial charge in [0, 0.05) is 16.4 Å². The minimum Gasteiger partial charge on any atom is -0.351 e. The van der Waals surface area contributed by atoms with E-state index in [-0.39, 0.29) is 17.2 Å². The van der Waals surface area contributed by atoms with Gasteiger partial charge in [-0.25, -0.2) is 4.98 Å². The molecule has 0 aliphatic carbocycles. The number of rotatable bonds is 6. The second kappa shape index (κ2) is 9.26. The third-order valence-corrected chi connectivity index (χ3v) is 7.18. The van der Waals surface area contributed by atoms with Crippen molar-refractivity contribution < 1.29 is 4.79 Å². The molecule has 0 atom stereocenters. The summed E-state index contributed by atoms with van der Waals surface area (Å²) in [4.78, 5) is 32.3. The third-order valence-electron chi connectivity index (χ3n) is 4.90. The molecule has 4 aromatic rings. The Kier molecular flexibility index (Phi) is 6.46. The van der Waals surface area contributed by atoms with Gasteiger partial charge >= 0.3 is 0 Å². The molecule has 0 spiro atoms. The molecule has 0 radical (unpaired) electrons. The fourth-order valence-corrected chi connectivity index (χ4v) is 5.29. The van der Waals surface area contributed by atoms with Crippen LogP contribution in [0.2, 0.25) is 5.02 Å². The predicted molar refractivity (Wildman–Crippen MR) is 129 cm³/mol. The van der Waals surface area contributed by atoms with Crippen LogP contribution < -0.4 is 10.9 Å². The van der Waals surface area contributed by atoms with Crippen molar-refractivity contribution in [1.82, 2.24) is 14.9 Å². The van der Waals surface area contributed by atoms with Gasteiger partial charge < -0.3 is 5.32 Å². The smallest absolute Gasteiger partial charge is 0.267 e. The standard InChI is InChI=1S/C23H20ClN3O2S2/c1-14-15(2)31-21-20(14)22(29)27(18-10-6-9-17(24)11-18)23(26-21)30-13-19(28)25-12-16-7-4-3-5-8-16/h3-11H,12-13H2,1-2H3,(H,25,28). The Bertz CT molecular complexity index is 1320. The summed E-state index contributed by atoms with van der Waals surface area (Å²) in [5, 5.41) is 4.52. The van der Waals surface area contributed by atoms with Crippen LogP contribution in [-0.4, -0.2) is 21.2 Å². The van der Waals surface area contributed by atoms with E-state index in [1.54, 1.807) is 22.8 Å². The molecular weight excluding hydrogens is 450 g/mol. The van der Waals surface area contributed by atoms with E-state index in [9.17, 15) is 9.59 Å². The van der Waals surface area contributed by atoms with E-state index < -0.39 is 0 Å². The molecule has 158 valence electrons. The molecule has 2 heterocycles. The highest BCUT2D eigenvalue weighted by Gasteiger charge is 2.19. The second-order valence-electron chi connectivity index (χ2n) is 7.03. The van der Waals surface area contributed by atoms with Crippen LogP contribution in [0.5, 0.6) is 0 Å². The van der Waals surface area contributed by atoms with Crippen molar-refractivity contribution in [3.05, 3.63) is 86.0 Å². The highest BCUT2D eigenvalue weighted by molar-refractivity contribution is 7.99. The molecule has 0 bridgehead atoms. The van der Waals surface area contributed by atoms with Crippen LogP contribution in [0.3, 0.4) is 0 Å². The number of aryl methyl sites for hydroxylation is 2. The van der Waals surface area contributed by atoms with Gasteiger partial charge in [0.05, 0.1) is 16.8 Å². The van der Waals surface area contributed by atoms with Crippen LogP contribution in [0.4, 0.5) is 0 Å². The molecule has 0 saturated heterocycles. The summed E-state index contributed by atoms with van der Waals surface area (Å²) in [5.41, 5.74) is 2.44. The highest BCUT2D eigenvalue weighted by atomic mass is 35.5. The number of hydrogen-bond donors (Lipinski definition) is 1. The maximum Gasteiger partial charge on any atom is 0.267 e. The number of halogens is 1. The zero-order valence-electron chi connectivity index (χ0n) is 17.0. The van der Waals surface area contributed by atoms with Crippen molar-refractivity contribution in [3.8, 4) is 5.69 Å². The van der Waals surface area contributed by atoms with Gasteiger partial charge in [0.2, 0.25) is 5.91 Å². The van der Waals surface area contributed by atoms with E-state index in [4.69, 9.17) is 16.6 Å². The zero-order valence-corrected chi connectivity index (χ0v) is 19.4. The third kappa shape index (κ3) is 4.69. The number of nitrogens with zero attached hydrogens (tertiary/aromatic N) is 2. The van der Waals surface area contributed by atoms with Crippen molar-refractivity contribution in [2.75, 3.05) is 5.75 Å². The lowest BCUT2D eigenvalue weighted by molar-refractivity contribution is -0.118. The number of carbonyl (C=O) groups is 1. The first-order valence-electron chi connectivity index (χ1n) is 9.66. The summed E-state index contributed by atoms with van der Waals surface area (Å²) in [6.45, 7) is 4.37.